The van der Waals surface area contributed by atoms with Crippen molar-refractivity contribution in [3.63, 3.8) is 0 Å². The van der Waals surface area contributed by atoms with E-state index in [0.717, 1.165) is 12.1 Å². The number of aliphatic hydroxyl groups excluding tert-OH is 1. The summed E-state index contributed by atoms with van der Waals surface area (Å²) in [5.41, 5.74) is -1.72. The Kier molecular flexibility index (Phi) is 4.98. The molecule has 1 heterocycles. The molecule has 8 heteroatoms. The molecule has 0 radical (unpaired) electrons. The number of likely N-dealkylation sites (tertiary alicyclic amines) is 1. The summed E-state index contributed by atoms with van der Waals surface area (Å²) in [5.74, 6) is -1.06. The Morgan fingerprint density at radius 1 is 1.39 bits per heavy atom. The summed E-state index contributed by atoms with van der Waals surface area (Å²) in [4.78, 5) is 13.0. The van der Waals surface area contributed by atoms with E-state index in [1.54, 1.807) is 4.90 Å². The molecule has 1 fully saturated rings. The third-order valence-corrected chi connectivity index (χ3v) is 4.15. The predicted molar refractivity (Wildman–Crippen MR) is 74.8 cm³/mol. The van der Waals surface area contributed by atoms with Gasteiger partial charge in [0.2, 0.25) is 0 Å². The van der Waals surface area contributed by atoms with Crippen molar-refractivity contribution in [1.29, 1.82) is 0 Å². The van der Waals surface area contributed by atoms with Crippen LogP contribution in [0.15, 0.2) is 24.3 Å². The largest absolute Gasteiger partial charge is 0.479 e. The van der Waals surface area contributed by atoms with Crippen molar-refractivity contribution in [2.45, 2.75) is 24.3 Å². The summed E-state index contributed by atoms with van der Waals surface area (Å²) in [6.45, 7) is 0.679. The number of hydrogen-bond acceptors (Lipinski definition) is 4. The SMILES string of the molecule is COC1(C(=O)O)CCN(CC(O)c2ccc(C(F)(F)F)cc2)C1. The van der Waals surface area contributed by atoms with Crippen LogP contribution in [0.5, 0.6) is 0 Å². The standard InChI is InChI=1S/C15H18F3NO4/c1-23-14(13(21)22)6-7-19(9-14)8-12(20)10-2-4-11(5-3-10)15(16,17)18/h2-5,12,20H,6-9H2,1H3,(H,21,22). The van der Waals surface area contributed by atoms with Crippen LogP contribution >= 0.6 is 0 Å². The number of benzene rings is 1. The molecule has 2 N–H and O–H groups in total. The van der Waals surface area contributed by atoms with Gasteiger partial charge in [0.25, 0.3) is 0 Å². The highest BCUT2D eigenvalue weighted by molar-refractivity contribution is 5.78. The first-order valence-corrected chi connectivity index (χ1v) is 7.04. The molecule has 2 rings (SSSR count). The molecule has 1 aliphatic rings. The lowest BCUT2D eigenvalue weighted by Crippen LogP contribution is -2.43. The number of aliphatic hydroxyl groups is 1. The predicted octanol–water partition coefficient (Wildman–Crippen LogP) is 1.91. The fraction of sp³-hybridized carbons (Fsp3) is 0.533. The zero-order valence-electron chi connectivity index (χ0n) is 12.5. The maximum Gasteiger partial charge on any atom is 0.416 e. The number of alkyl halides is 3. The number of ether oxygens (including phenoxy) is 1. The molecule has 0 bridgehead atoms. The Labute approximate surface area is 131 Å². The van der Waals surface area contributed by atoms with Gasteiger partial charge in [-0.2, -0.15) is 13.2 Å². The number of nitrogens with zero attached hydrogens (tertiary/aromatic N) is 1. The fourth-order valence-corrected chi connectivity index (χ4v) is 2.69. The van der Waals surface area contributed by atoms with E-state index in [1.807, 2.05) is 0 Å². The highest BCUT2D eigenvalue weighted by atomic mass is 19.4. The van der Waals surface area contributed by atoms with Crippen LogP contribution in [-0.4, -0.2) is 53.4 Å². The van der Waals surface area contributed by atoms with Crippen LogP contribution in [0.3, 0.4) is 0 Å². The van der Waals surface area contributed by atoms with E-state index in [1.165, 1.54) is 19.2 Å². The van der Waals surface area contributed by atoms with Gasteiger partial charge < -0.3 is 14.9 Å². The van der Waals surface area contributed by atoms with Crippen molar-refractivity contribution in [3.8, 4) is 0 Å². The Morgan fingerprint density at radius 2 is 2.00 bits per heavy atom. The van der Waals surface area contributed by atoms with Gasteiger partial charge in [-0.3, -0.25) is 4.90 Å². The van der Waals surface area contributed by atoms with Crippen molar-refractivity contribution in [3.05, 3.63) is 35.4 Å². The van der Waals surface area contributed by atoms with Gasteiger partial charge in [-0.15, -0.1) is 0 Å². The molecular formula is C15H18F3NO4. The van der Waals surface area contributed by atoms with E-state index in [4.69, 9.17) is 4.74 Å². The summed E-state index contributed by atoms with van der Waals surface area (Å²) in [6.07, 6.45) is -5.13. The fourth-order valence-electron chi connectivity index (χ4n) is 2.69. The van der Waals surface area contributed by atoms with Crippen molar-refractivity contribution in [2.24, 2.45) is 0 Å². The van der Waals surface area contributed by atoms with E-state index in [0.29, 0.717) is 18.5 Å². The third kappa shape index (κ3) is 3.82. The number of carboxylic acids is 1. The second kappa shape index (κ2) is 6.46. The molecule has 1 aliphatic heterocycles. The van der Waals surface area contributed by atoms with Gasteiger partial charge in [0.1, 0.15) is 0 Å². The number of methoxy groups -OCH3 is 1. The molecular weight excluding hydrogens is 315 g/mol. The molecule has 0 spiro atoms. The Morgan fingerprint density at radius 3 is 2.43 bits per heavy atom. The molecule has 23 heavy (non-hydrogen) atoms. The zero-order valence-corrected chi connectivity index (χ0v) is 12.5. The summed E-state index contributed by atoms with van der Waals surface area (Å²) >= 11 is 0. The monoisotopic (exact) mass is 333 g/mol. The second-order valence-electron chi connectivity index (χ2n) is 5.62. The van der Waals surface area contributed by atoms with Gasteiger partial charge in [0, 0.05) is 33.2 Å². The number of carboxylic acid groups (broad SMARTS) is 1. The highest BCUT2D eigenvalue weighted by Crippen LogP contribution is 2.31. The zero-order chi connectivity index (χ0) is 17.3. The summed E-state index contributed by atoms with van der Waals surface area (Å²) in [5, 5.41) is 19.4. The molecule has 0 amide bonds. The van der Waals surface area contributed by atoms with Crippen LogP contribution in [0, 0.1) is 0 Å². The molecule has 1 saturated heterocycles. The van der Waals surface area contributed by atoms with Gasteiger partial charge in [0.15, 0.2) is 5.60 Å². The number of rotatable bonds is 5. The lowest BCUT2D eigenvalue weighted by molar-refractivity contribution is -0.160. The van der Waals surface area contributed by atoms with Crippen molar-refractivity contribution < 1.29 is 32.9 Å². The minimum absolute atomic E-state index is 0.122. The minimum Gasteiger partial charge on any atom is -0.479 e. The van der Waals surface area contributed by atoms with E-state index in [-0.39, 0.29) is 13.1 Å². The lowest BCUT2D eigenvalue weighted by Gasteiger charge is -2.24. The smallest absolute Gasteiger partial charge is 0.416 e. The average Bonchev–Trinajstić information content (AvgIpc) is 2.91. The van der Waals surface area contributed by atoms with Crippen molar-refractivity contribution >= 4 is 5.97 Å². The Balaban J connectivity index is 2.00. The van der Waals surface area contributed by atoms with Crippen LogP contribution in [-0.2, 0) is 15.7 Å². The summed E-state index contributed by atoms with van der Waals surface area (Å²) in [6, 6.07) is 4.28. The summed E-state index contributed by atoms with van der Waals surface area (Å²) < 4.78 is 42.6. The van der Waals surface area contributed by atoms with E-state index in [9.17, 15) is 28.2 Å². The van der Waals surface area contributed by atoms with E-state index >= 15 is 0 Å². The lowest BCUT2D eigenvalue weighted by atomic mass is 10.0. The molecule has 2 atom stereocenters. The third-order valence-electron chi connectivity index (χ3n) is 4.15. The Hall–Kier alpha value is -1.64. The number of aliphatic carboxylic acids is 1. The molecule has 128 valence electrons. The van der Waals surface area contributed by atoms with Gasteiger partial charge in [0.05, 0.1) is 11.7 Å². The van der Waals surface area contributed by atoms with E-state index < -0.39 is 29.4 Å². The van der Waals surface area contributed by atoms with Crippen LogP contribution in [0.25, 0.3) is 0 Å². The van der Waals surface area contributed by atoms with Crippen LogP contribution in [0.1, 0.15) is 23.7 Å². The average molecular weight is 333 g/mol. The summed E-state index contributed by atoms with van der Waals surface area (Å²) in [7, 11) is 1.32. The number of carbonyl (C=O) groups is 1. The number of β-amino-alcohol motifs (C(OH)–C–C–N with tert-alkyl or cyclic N) is 1. The van der Waals surface area contributed by atoms with Gasteiger partial charge >= 0.3 is 12.1 Å². The molecule has 0 aromatic heterocycles. The first kappa shape index (κ1) is 17.7. The normalized spacial score (nSPS) is 23.9. The first-order chi connectivity index (χ1) is 10.7. The molecule has 0 aliphatic carbocycles. The van der Waals surface area contributed by atoms with Crippen molar-refractivity contribution in [1.82, 2.24) is 4.90 Å². The topological polar surface area (TPSA) is 70.0 Å². The first-order valence-electron chi connectivity index (χ1n) is 7.04. The van der Waals surface area contributed by atoms with Crippen LogP contribution in [0.2, 0.25) is 0 Å². The van der Waals surface area contributed by atoms with Crippen LogP contribution in [0.4, 0.5) is 13.2 Å². The second-order valence-corrected chi connectivity index (χ2v) is 5.62. The van der Waals surface area contributed by atoms with Crippen molar-refractivity contribution in [2.75, 3.05) is 26.7 Å². The molecule has 2 unspecified atom stereocenters. The Bertz CT molecular complexity index is 561. The highest BCUT2D eigenvalue weighted by Gasteiger charge is 2.45. The number of halogens is 3. The molecule has 0 saturated carbocycles. The molecule has 1 aromatic rings. The maximum absolute atomic E-state index is 12.5. The van der Waals surface area contributed by atoms with Gasteiger partial charge in [-0.05, 0) is 17.7 Å². The van der Waals surface area contributed by atoms with E-state index in [2.05, 4.69) is 0 Å². The molecule has 5 nitrogen and oxygen atoms in total. The minimum atomic E-state index is -4.42. The van der Waals surface area contributed by atoms with Gasteiger partial charge in [-0.1, -0.05) is 12.1 Å². The maximum atomic E-state index is 12.5. The quantitative estimate of drug-likeness (QED) is 0.861. The molecule has 1 aromatic carbocycles. The number of hydrogen-bond donors (Lipinski definition) is 2. The van der Waals surface area contributed by atoms with Crippen LogP contribution < -0.4 is 0 Å². The van der Waals surface area contributed by atoms with Gasteiger partial charge in [-0.25, -0.2) is 4.79 Å².